The summed E-state index contributed by atoms with van der Waals surface area (Å²) in [5.74, 6) is 0. The van der Waals surface area contributed by atoms with Crippen LogP contribution in [0.1, 0.15) is 46.0 Å². The smallest absolute Gasteiger partial charge is 0.282 e. The van der Waals surface area contributed by atoms with Gasteiger partial charge in [-0.2, -0.15) is 16.8 Å². The number of rotatable bonds is 7. The molecule has 0 saturated heterocycles. The van der Waals surface area contributed by atoms with Gasteiger partial charge in [-0.3, -0.25) is 9.11 Å². The molecule has 0 atom stereocenters. The second-order valence-corrected chi connectivity index (χ2v) is 8.23. The Hall–Kier alpha value is -1.74. The van der Waals surface area contributed by atoms with E-state index in [4.69, 9.17) is 11.0 Å². The summed E-state index contributed by atoms with van der Waals surface area (Å²) in [5, 5.41) is 0. The van der Waals surface area contributed by atoms with E-state index < -0.39 is 66.6 Å². The quantitative estimate of drug-likeness (QED) is 0.683. The van der Waals surface area contributed by atoms with Crippen LogP contribution in [0.5, 0.6) is 0 Å². The van der Waals surface area contributed by atoms with E-state index in [2.05, 4.69) is 0 Å². The lowest BCUT2D eigenvalue weighted by Gasteiger charge is -2.10. The molecule has 0 aliphatic carbocycles. The first kappa shape index (κ1) is 11.9. The molecule has 142 valence electrons. The third kappa shape index (κ3) is 5.38. The zero-order valence-electron chi connectivity index (χ0n) is 21.8. The molecule has 0 heterocycles. The maximum absolute atomic E-state index is 11.8. The second-order valence-electron chi connectivity index (χ2n) is 5.45. The predicted molar refractivity (Wildman–Crippen MR) is 98.6 cm³/mol. The highest BCUT2D eigenvalue weighted by Crippen LogP contribution is 2.22. The van der Waals surface area contributed by atoms with Crippen molar-refractivity contribution in [1.29, 1.82) is 0 Å². The van der Waals surface area contributed by atoms with Crippen molar-refractivity contribution in [2.24, 2.45) is 0 Å². The normalized spacial score (nSPS) is 19.1. The molecule has 8 heteroatoms. The van der Waals surface area contributed by atoms with E-state index in [1.54, 1.807) is 0 Å². The van der Waals surface area contributed by atoms with Gasteiger partial charge in [0.1, 0.15) is 0 Å². The summed E-state index contributed by atoms with van der Waals surface area (Å²) in [4.78, 5) is -2.09. The van der Waals surface area contributed by atoms with E-state index in [-0.39, 0.29) is 11.1 Å². The van der Waals surface area contributed by atoms with Crippen molar-refractivity contribution in [3.8, 4) is 0 Å². The Labute approximate surface area is 165 Å². The lowest BCUT2D eigenvalue weighted by Crippen LogP contribution is -2.05. The molecule has 0 bridgehead atoms. The second kappa shape index (κ2) is 7.87. The molecule has 2 N–H and O–H groups in total. The predicted octanol–water partition coefficient (Wildman–Crippen LogP) is 3.36. The summed E-state index contributed by atoms with van der Waals surface area (Å²) < 4.78 is 133. The van der Waals surface area contributed by atoms with Crippen LogP contribution in [0.3, 0.4) is 0 Å². The Balaban J connectivity index is 2.86. The maximum Gasteiger partial charge on any atom is 0.294 e. The molecule has 0 unspecified atom stereocenters. The van der Waals surface area contributed by atoms with Crippen molar-refractivity contribution < 1.29 is 36.9 Å². The Morgan fingerprint density at radius 3 is 1.42 bits per heavy atom. The molecule has 2 aromatic rings. The molecule has 0 aromatic heterocycles. The van der Waals surface area contributed by atoms with Crippen LogP contribution < -0.4 is 0 Å². The Kier molecular flexibility index (Phi) is 3.59. The van der Waals surface area contributed by atoms with Crippen LogP contribution in [-0.2, 0) is 33.0 Å². The average Bonchev–Trinajstić information content (AvgIpc) is 2.65. The van der Waals surface area contributed by atoms with Gasteiger partial charge in [0.15, 0.2) is 0 Å². The fourth-order valence-corrected chi connectivity index (χ4v) is 3.39. The molecule has 6 nitrogen and oxygen atoms in total. The van der Waals surface area contributed by atoms with Crippen molar-refractivity contribution in [2.45, 2.75) is 49.1 Å². The Morgan fingerprint density at radius 1 is 0.769 bits per heavy atom. The van der Waals surface area contributed by atoms with Gasteiger partial charge in [0.2, 0.25) is 0 Å². The van der Waals surface area contributed by atoms with Gasteiger partial charge in [-0.1, -0.05) is 35.4 Å². The van der Waals surface area contributed by atoms with Crippen molar-refractivity contribution in [2.75, 3.05) is 0 Å². The fraction of sp³-hybridized carbons (Fsp3) is 0.333. The Bertz CT molecular complexity index is 1230. The van der Waals surface area contributed by atoms with Crippen LogP contribution in [0.2, 0.25) is 0 Å². The van der Waals surface area contributed by atoms with Gasteiger partial charge in [-0.25, -0.2) is 0 Å². The highest BCUT2D eigenvalue weighted by atomic mass is 32.2. The number of aryl methyl sites for hydroxylation is 4. The minimum absolute atomic E-state index is 0.234. The van der Waals surface area contributed by atoms with Gasteiger partial charge in [0, 0.05) is 11.0 Å². The third-order valence-electron chi connectivity index (χ3n) is 3.28. The van der Waals surface area contributed by atoms with Crippen LogP contribution in [0.4, 0.5) is 0 Å². The molecule has 0 aliphatic heterocycles. The first-order chi connectivity index (χ1) is 15.0. The lowest BCUT2D eigenvalue weighted by molar-refractivity contribution is 0.479. The molecule has 26 heavy (non-hydrogen) atoms. The van der Waals surface area contributed by atoms with Crippen LogP contribution in [0.25, 0.3) is 0 Å². The minimum atomic E-state index is -5.09. The highest BCUT2D eigenvalue weighted by Gasteiger charge is 2.17. The molecule has 0 radical (unpaired) electrons. The van der Waals surface area contributed by atoms with Crippen molar-refractivity contribution in [1.82, 2.24) is 0 Å². The zero-order valence-corrected chi connectivity index (χ0v) is 15.4. The number of benzene rings is 2. The zero-order chi connectivity index (χ0) is 26.7. The number of hydrogen-bond donors (Lipinski definition) is 2. The third-order valence-corrected chi connectivity index (χ3v) is 5.11. The van der Waals surface area contributed by atoms with Gasteiger partial charge in [-0.05, 0) is 62.6 Å². The molecule has 0 amide bonds. The molecule has 0 saturated carbocycles. The summed E-state index contributed by atoms with van der Waals surface area (Å²) in [6, 6.07) is 5.74. The summed E-state index contributed by atoms with van der Waals surface area (Å²) in [6.45, 7) is 2.81. The number of hydrogen-bond acceptors (Lipinski definition) is 4. The van der Waals surface area contributed by atoms with Crippen molar-refractivity contribution in [3.63, 3.8) is 0 Å². The van der Waals surface area contributed by atoms with Crippen LogP contribution in [0, 0.1) is 13.8 Å². The van der Waals surface area contributed by atoms with E-state index in [1.165, 1.54) is 26.0 Å². The maximum atomic E-state index is 11.8. The van der Waals surface area contributed by atoms with E-state index in [1.807, 2.05) is 0 Å². The molecule has 2 rings (SSSR count). The van der Waals surface area contributed by atoms with Gasteiger partial charge in [0.25, 0.3) is 20.2 Å². The van der Waals surface area contributed by atoms with Crippen molar-refractivity contribution >= 4 is 20.2 Å². The SMILES string of the molecule is [2H]C([2H])(c1cc(C)ccc1S(=O)(=O)O)C([2H])([2H])C([2H])([2H])C([2H])([2H])c1cc(C)ccc1S(=O)(=O)O. The minimum Gasteiger partial charge on any atom is -0.282 e. The first-order valence-electron chi connectivity index (χ1n) is 11.2. The summed E-state index contributed by atoms with van der Waals surface area (Å²) in [5.41, 5.74) is -1.45. The van der Waals surface area contributed by atoms with Gasteiger partial charge in [-0.15, -0.1) is 0 Å². The first-order valence-corrected chi connectivity index (χ1v) is 10.0. The molecule has 0 spiro atoms. The summed E-state index contributed by atoms with van der Waals surface area (Å²) in [7, 11) is -10.2. The van der Waals surface area contributed by atoms with E-state index in [0.717, 1.165) is 24.3 Å². The van der Waals surface area contributed by atoms with E-state index >= 15 is 0 Å². The van der Waals surface area contributed by atoms with Gasteiger partial charge in [0.05, 0.1) is 9.79 Å². The Morgan fingerprint density at radius 2 is 1.12 bits per heavy atom. The van der Waals surface area contributed by atoms with Crippen LogP contribution in [-0.4, -0.2) is 25.9 Å². The topological polar surface area (TPSA) is 109 Å². The molecule has 2 aromatic carbocycles. The lowest BCUT2D eigenvalue weighted by atomic mass is 10.0. The van der Waals surface area contributed by atoms with Crippen molar-refractivity contribution in [3.05, 3.63) is 58.7 Å². The molecule has 0 aliphatic rings. The monoisotopic (exact) mass is 406 g/mol. The molecular formula is C18H22O6S2. The van der Waals surface area contributed by atoms with Gasteiger partial charge >= 0.3 is 0 Å². The average molecular weight is 407 g/mol. The van der Waals surface area contributed by atoms with Crippen LogP contribution in [0.15, 0.2) is 46.2 Å². The molecule has 0 fully saturated rings. The van der Waals surface area contributed by atoms with E-state index in [9.17, 15) is 25.9 Å². The summed E-state index contributed by atoms with van der Waals surface area (Å²) in [6.07, 6.45) is -14.9. The van der Waals surface area contributed by atoms with Gasteiger partial charge < -0.3 is 0 Å². The largest absolute Gasteiger partial charge is 0.294 e. The highest BCUT2D eigenvalue weighted by molar-refractivity contribution is 7.86. The standard InChI is InChI=1S/C18H22O6S2/c1-13-7-9-17(25(19,20)21)15(11-13)5-3-4-6-16-12-14(2)8-10-18(16)26(22,23)24/h7-12H,3-6H2,1-2H3,(H,19,20,21)(H,22,23,24)/i3D2,4D2,5D2,6D2. The van der Waals surface area contributed by atoms with Crippen LogP contribution >= 0.6 is 0 Å². The fourth-order valence-electron chi connectivity index (χ4n) is 2.13. The van der Waals surface area contributed by atoms with E-state index in [0.29, 0.717) is 0 Å². The summed E-state index contributed by atoms with van der Waals surface area (Å²) >= 11 is 0. The molecular weight excluding hydrogens is 376 g/mol.